The van der Waals surface area contributed by atoms with Gasteiger partial charge in [-0.05, 0) is 24.5 Å². The molecule has 5 heteroatoms. The number of imidazole rings is 1. The number of aryl methyl sites for hydroxylation is 1. The zero-order valence-corrected chi connectivity index (χ0v) is 10.3. The van der Waals surface area contributed by atoms with Crippen molar-refractivity contribution in [1.29, 1.82) is 0 Å². The van der Waals surface area contributed by atoms with Crippen LogP contribution >= 0.6 is 0 Å². The second-order valence-corrected chi connectivity index (χ2v) is 4.77. The van der Waals surface area contributed by atoms with E-state index in [4.69, 9.17) is 5.11 Å². The van der Waals surface area contributed by atoms with Gasteiger partial charge in [-0.15, -0.1) is 0 Å². The predicted molar refractivity (Wildman–Crippen MR) is 66.2 cm³/mol. The largest absolute Gasteiger partial charge is 0.478 e. The number of H-pyrrole nitrogens is 1. The van der Waals surface area contributed by atoms with Gasteiger partial charge in [0.25, 0.3) is 0 Å². The van der Waals surface area contributed by atoms with Crippen LogP contribution in [0.2, 0.25) is 0 Å². The van der Waals surface area contributed by atoms with Crippen LogP contribution in [-0.4, -0.2) is 21.0 Å². The Morgan fingerprint density at radius 3 is 2.83 bits per heavy atom. The van der Waals surface area contributed by atoms with Crippen molar-refractivity contribution in [2.75, 3.05) is 0 Å². The number of fused-ring (bicyclic) bond motifs is 1. The van der Waals surface area contributed by atoms with Crippen LogP contribution in [0.3, 0.4) is 0 Å². The maximum absolute atomic E-state index is 13.3. The van der Waals surface area contributed by atoms with Crippen LogP contribution in [0, 0.1) is 11.7 Å². The summed E-state index contributed by atoms with van der Waals surface area (Å²) in [4.78, 5) is 18.2. The highest BCUT2D eigenvalue weighted by molar-refractivity contribution is 6.00. The number of carboxylic acids is 1. The fourth-order valence-electron chi connectivity index (χ4n) is 1.84. The standard InChI is InChI=1S/C13H15FN2O2/c1-7(2)3-4-11-15-10-6-8(14)5-9(13(17)18)12(10)16-11/h5-7H,3-4H2,1-2H3,(H,15,16)(H,17,18). The minimum atomic E-state index is -1.17. The van der Waals surface area contributed by atoms with Crippen LogP contribution in [0.1, 0.15) is 36.5 Å². The van der Waals surface area contributed by atoms with Crippen LogP contribution in [0.15, 0.2) is 12.1 Å². The number of hydrogen-bond acceptors (Lipinski definition) is 2. The first-order valence-electron chi connectivity index (χ1n) is 5.89. The normalized spacial score (nSPS) is 11.3. The monoisotopic (exact) mass is 250 g/mol. The molecule has 2 rings (SSSR count). The molecular weight excluding hydrogens is 235 g/mol. The lowest BCUT2D eigenvalue weighted by Gasteiger charge is -2.00. The van der Waals surface area contributed by atoms with Crippen LogP contribution in [0.4, 0.5) is 4.39 Å². The molecule has 0 saturated carbocycles. The zero-order valence-electron chi connectivity index (χ0n) is 10.3. The third-order valence-electron chi connectivity index (χ3n) is 2.79. The molecule has 0 radical (unpaired) electrons. The van der Waals surface area contributed by atoms with Crippen molar-refractivity contribution < 1.29 is 14.3 Å². The van der Waals surface area contributed by atoms with Gasteiger partial charge in [0, 0.05) is 6.42 Å². The topological polar surface area (TPSA) is 66.0 Å². The Labute approximate surface area is 104 Å². The lowest BCUT2D eigenvalue weighted by molar-refractivity contribution is 0.0698. The van der Waals surface area contributed by atoms with E-state index in [1.807, 2.05) is 0 Å². The Balaban J connectivity index is 2.43. The van der Waals surface area contributed by atoms with Crippen molar-refractivity contribution in [2.45, 2.75) is 26.7 Å². The molecule has 0 aliphatic carbocycles. The summed E-state index contributed by atoms with van der Waals surface area (Å²) in [6.45, 7) is 4.20. The quantitative estimate of drug-likeness (QED) is 0.876. The molecule has 18 heavy (non-hydrogen) atoms. The van der Waals surface area contributed by atoms with Gasteiger partial charge in [0.05, 0.1) is 11.1 Å². The van der Waals surface area contributed by atoms with E-state index in [-0.39, 0.29) is 5.56 Å². The number of aromatic carboxylic acids is 1. The first kappa shape index (κ1) is 12.5. The summed E-state index contributed by atoms with van der Waals surface area (Å²) >= 11 is 0. The highest BCUT2D eigenvalue weighted by atomic mass is 19.1. The summed E-state index contributed by atoms with van der Waals surface area (Å²) in [5.41, 5.74) is 0.658. The van der Waals surface area contributed by atoms with Gasteiger partial charge in [0.2, 0.25) is 0 Å². The lowest BCUT2D eigenvalue weighted by Crippen LogP contribution is -1.98. The number of carboxylic acid groups (broad SMARTS) is 1. The molecule has 0 fully saturated rings. The van der Waals surface area contributed by atoms with E-state index in [9.17, 15) is 9.18 Å². The van der Waals surface area contributed by atoms with Crippen molar-refractivity contribution in [2.24, 2.45) is 5.92 Å². The lowest BCUT2D eigenvalue weighted by atomic mass is 10.1. The number of halogens is 1. The van der Waals surface area contributed by atoms with Crippen LogP contribution in [0.25, 0.3) is 11.0 Å². The highest BCUT2D eigenvalue weighted by Gasteiger charge is 2.14. The second kappa shape index (κ2) is 4.76. The molecule has 1 heterocycles. The molecule has 1 aromatic heterocycles. The van der Waals surface area contributed by atoms with Crippen molar-refractivity contribution in [3.63, 3.8) is 0 Å². The van der Waals surface area contributed by atoms with Gasteiger partial charge < -0.3 is 10.1 Å². The molecule has 96 valence electrons. The number of benzene rings is 1. The average Bonchev–Trinajstić information content (AvgIpc) is 2.67. The number of hydrogen-bond donors (Lipinski definition) is 2. The molecule has 0 spiro atoms. The van der Waals surface area contributed by atoms with Gasteiger partial charge in [-0.25, -0.2) is 14.2 Å². The fourth-order valence-corrected chi connectivity index (χ4v) is 1.84. The fraction of sp³-hybridized carbons (Fsp3) is 0.385. The molecule has 0 bridgehead atoms. The van der Waals surface area contributed by atoms with E-state index in [2.05, 4.69) is 23.8 Å². The number of aromatic nitrogens is 2. The maximum Gasteiger partial charge on any atom is 0.338 e. The Hall–Kier alpha value is -1.91. The molecule has 2 aromatic rings. The second-order valence-electron chi connectivity index (χ2n) is 4.77. The minimum Gasteiger partial charge on any atom is -0.478 e. The molecular formula is C13H15FN2O2. The highest BCUT2D eigenvalue weighted by Crippen LogP contribution is 2.20. The Morgan fingerprint density at radius 2 is 2.22 bits per heavy atom. The van der Waals surface area contributed by atoms with Crippen molar-refractivity contribution in [3.05, 3.63) is 29.3 Å². The minimum absolute atomic E-state index is 0.1000. The molecule has 0 atom stereocenters. The summed E-state index contributed by atoms with van der Waals surface area (Å²) in [5.74, 6) is -0.499. The molecule has 0 unspecified atom stereocenters. The van der Waals surface area contributed by atoms with E-state index in [0.717, 1.165) is 18.9 Å². The van der Waals surface area contributed by atoms with Gasteiger partial charge in [0.1, 0.15) is 17.2 Å². The van der Waals surface area contributed by atoms with Gasteiger partial charge in [-0.1, -0.05) is 13.8 Å². The van der Waals surface area contributed by atoms with E-state index >= 15 is 0 Å². The summed E-state index contributed by atoms with van der Waals surface area (Å²) in [6, 6.07) is 2.27. The van der Waals surface area contributed by atoms with Crippen LogP contribution < -0.4 is 0 Å². The molecule has 0 aliphatic heterocycles. The molecule has 0 saturated heterocycles. The van der Waals surface area contributed by atoms with E-state index in [0.29, 0.717) is 22.8 Å². The van der Waals surface area contributed by atoms with Crippen LogP contribution in [-0.2, 0) is 6.42 Å². The third kappa shape index (κ3) is 2.50. The van der Waals surface area contributed by atoms with Crippen molar-refractivity contribution in [1.82, 2.24) is 9.97 Å². The number of nitrogens with zero attached hydrogens (tertiary/aromatic N) is 1. The summed E-state index contributed by atoms with van der Waals surface area (Å²) in [7, 11) is 0. The van der Waals surface area contributed by atoms with E-state index in [1.165, 1.54) is 6.07 Å². The zero-order chi connectivity index (χ0) is 13.3. The Kier molecular flexibility index (Phi) is 3.32. The Morgan fingerprint density at radius 1 is 1.50 bits per heavy atom. The molecule has 0 amide bonds. The number of carbonyl (C=O) groups is 1. The summed E-state index contributed by atoms with van der Waals surface area (Å²) in [5, 5.41) is 9.01. The summed E-state index contributed by atoms with van der Waals surface area (Å²) in [6.07, 6.45) is 1.68. The Bertz CT molecular complexity index is 590. The number of rotatable bonds is 4. The van der Waals surface area contributed by atoms with Crippen molar-refractivity contribution >= 4 is 17.0 Å². The molecule has 0 aliphatic rings. The van der Waals surface area contributed by atoms with E-state index in [1.54, 1.807) is 0 Å². The van der Waals surface area contributed by atoms with Gasteiger partial charge in [0.15, 0.2) is 0 Å². The first-order valence-corrected chi connectivity index (χ1v) is 5.89. The molecule has 4 nitrogen and oxygen atoms in total. The van der Waals surface area contributed by atoms with Gasteiger partial charge >= 0.3 is 5.97 Å². The smallest absolute Gasteiger partial charge is 0.338 e. The van der Waals surface area contributed by atoms with Gasteiger partial charge in [-0.3, -0.25) is 0 Å². The third-order valence-corrected chi connectivity index (χ3v) is 2.79. The van der Waals surface area contributed by atoms with Gasteiger partial charge in [-0.2, -0.15) is 0 Å². The SMILES string of the molecule is CC(C)CCc1nc2c(C(=O)O)cc(F)cc2[nH]1. The summed E-state index contributed by atoms with van der Waals surface area (Å²) < 4.78 is 13.3. The van der Waals surface area contributed by atoms with Crippen LogP contribution in [0.5, 0.6) is 0 Å². The average molecular weight is 250 g/mol. The van der Waals surface area contributed by atoms with Crippen molar-refractivity contribution in [3.8, 4) is 0 Å². The molecule has 2 N–H and O–H groups in total. The van der Waals surface area contributed by atoms with E-state index < -0.39 is 11.8 Å². The number of nitrogens with one attached hydrogen (secondary N) is 1. The molecule has 1 aromatic carbocycles. The predicted octanol–water partition coefficient (Wildman–Crippen LogP) is 2.99. The first-order chi connectivity index (χ1) is 8.47. The number of aromatic amines is 1. The maximum atomic E-state index is 13.3.